The van der Waals surface area contributed by atoms with Crippen LogP contribution in [0.5, 0.6) is 5.75 Å². The molecule has 0 aliphatic carbocycles. The summed E-state index contributed by atoms with van der Waals surface area (Å²) in [7, 11) is 0. The molecule has 0 saturated carbocycles. The van der Waals surface area contributed by atoms with Crippen molar-refractivity contribution in [2.75, 3.05) is 26.2 Å². The lowest BCUT2D eigenvalue weighted by Crippen LogP contribution is -2.48. The molecule has 1 amide bonds. The monoisotopic (exact) mass is 488 g/mol. The Kier molecular flexibility index (Phi) is 7.41. The SMILES string of the molecule is Cc1ccc(C)c(OCc2csc(C(=O)N3CCN(Cc4ccc(Cl)c(Cl)c4)CC3)c2)c1. The lowest BCUT2D eigenvalue weighted by atomic mass is 10.1. The number of rotatable bonds is 6. The van der Waals surface area contributed by atoms with Gasteiger partial charge in [-0.15, -0.1) is 11.3 Å². The van der Waals surface area contributed by atoms with Crippen molar-refractivity contribution in [1.29, 1.82) is 0 Å². The Hall–Kier alpha value is -2.05. The third-order valence-corrected chi connectivity index (χ3v) is 7.36. The van der Waals surface area contributed by atoms with Crippen LogP contribution in [0.4, 0.5) is 0 Å². The number of nitrogens with zero attached hydrogens (tertiary/aromatic N) is 2. The fourth-order valence-corrected chi connectivity index (χ4v) is 4.93. The molecule has 1 aromatic heterocycles. The second kappa shape index (κ2) is 10.3. The molecule has 2 aromatic carbocycles. The number of hydrogen-bond donors (Lipinski definition) is 0. The van der Waals surface area contributed by atoms with E-state index >= 15 is 0 Å². The zero-order valence-electron chi connectivity index (χ0n) is 18.2. The molecule has 4 nitrogen and oxygen atoms in total. The number of aryl methyl sites for hydroxylation is 2. The lowest BCUT2D eigenvalue weighted by molar-refractivity contribution is 0.0633. The van der Waals surface area contributed by atoms with Crippen LogP contribution in [0, 0.1) is 13.8 Å². The molecule has 0 atom stereocenters. The summed E-state index contributed by atoms with van der Waals surface area (Å²) < 4.78 is 5.99. The second-order valence-electron chi connectivity index (χ2n) is 8.19. The van der Waals surface area contributed by atoms with E-state index in [1.165, 1.54) is 16.9 Å². The van der Waals surface area contributed by atoms with E-state index in [1.807, 2.05) is 47.5 Å². The Morgan fingerprint density at radius 1 is 0.969 bits per heavy atom. The number of hydrogen-bond acceptors (Lipinski definition) is 4. The molecule has 1 saturated heterocycles. The first-order valence-electron chi connectivity index (χ1n) is 10.6. The van der Waals surface area contributed by atoms with Crippen LogP contribution in [-0.2, 0) is 13.2 Å². The number of carbonyl (C=O) groups is 1. The molecule has 32 heavy (non-hydrogen) atoms. The average molecular weight is 489 g/mol. The molecule has 2 heterocycles. The highest BCUT2D eigenvalue weighted by Gasteiger charge is 2.23. The minimum Gasteiger partial charge on any atom is -0.489 e. The minimum absolute atomic E-state index is 0.0992. The first-order chi connectivity index (χ1) is 15.4. The van der Waals surface area contributed by atoms with E-state index < -0.39 is 0 Å². The molecule has 0 N–H and O–H groups in total. The fourth-order valence-electron chi connectivity index (χ4n) is 3.75. The van der Waals surface area contributed by atoms with Gasteiger partial charge in [0.1, 0.15) is 12.4 Å². The second-order valence-corrected chi connectivity index (χ2v) is 9.92. The van der Waals surface area contributed by atoms with Crippen molar-refractivity contribution in [3.63, 3.8) is 0 Å². The summed E-state index contributed by atoms with van der Waals surface area (Å²) in [6.45, 7) is 8.46. The zero-order valence-corrected chi connectivity index (χ0v) is 20.6. The molecule has 1 aliphatic rings. The summed E-state index contributed by atoms with van der Waals surface area (Å²) >= 11 is 13.6. The van der Waals surface area contributed by atoms with E-state index in [2.05, 4.69) is 24.0 Å². The minimum atomic E-state index is 0.0992. The topological polar surface area (TPSA) is 32.8 Å². The van der Waals surface area contributed by atoms with Gasteiger partial charge >= 0.3 is 0 Å². The van der Waals surface area contributed by atoms with Crippen LogP contribution in [0.1, 0.15) is 31.9 Å². The molecule has 0 radical (unpaired) electrons. The first-order valence-corrected chi connectivity index (χ1v) is 12.3. The van der Waals surface area contributed by atoms with Gasteiger partial charge in [0.05, 0.1) is 14.9 Å². The third kappa shape index (κ3) is 5.65. The summed E-state index contributed by atoms with van der Waals surface area (Å²) in [5, 5.41) is 3.16. The molecule has 4 rings (SSSR count). The summed E-state index contributed by atoms with van der Waals surface area (Å²) in [5.41, 5.74) is 4.44. The van der Waals surface area contributed by atoms with Gasteiger partial charge in [-0.05, 0) is 60.2 Å². The Morgan fingerprint density at radius 2 is 1.75 bits per heavy atom. The molecule has 3 aromatic rings. The van der Waals surface area contributed by atoms with Gasteiger partial charge in [-0.3, -0.25) is 9.69 Å². The normalized spacial score (nSPS) is 14.6. The Balaban J connectivity index is 1.29. The van der Waals surface area contributed by atoms with E-state index in [0.717, 1.165) is 47.0 Å². The van der Waals surface area contributed by atoms with Gasteiger partial charge in [-0.2, -0.15) is 0 Å². The standard InChI is InChI=1S/C25H26Cl2N2O2S/c1-17-3-4-18(2)23(11-17)31-15-20-13-24(32-16-20)25(30)29-9-7-28(8-10-29)14-19-5-6-21(26)22(27)12-19/h3-6,11-13,16H,7-10,14-15H2,1-2H3. The average Bonchev–Trinajstić information content (AvgIpc) is 3.26. The molecule has 168 valence electrons. The maximum atomic E-state index is 13.0. The van der Waals surface area contributed by atoms with Crippen molar-refractivity contribution in [2.45, 2.75) is 27.0 Å². The number of piperazine rings is 1. The van der Waals surface area contributed by atoms with Crippen molar-refractivity contribution >= 4 is 40.4 Å². The van der Waals surface area contributed by atoms with Crippen molar-refractivity contribution < 1.29 is 9.53 Å². The Morgan fingerprint density at radius 3 is 2.50 bits per heavy atom. The van der Waals surface area contributed by atoms with Crippen LogP contribution in [0.2, 0.25) is 10.0 Å². The van der Waals surface area contributed by atoms with Gasteiger partial charge in [0.25, 0.3) is 5.91 Å². The number of ether oxygens (including phenoxy) is 1. The predicted molar refractivity (Wildman–Crippen MR) is 132 cm³/mol. The molecule has 1 fully saturated rings. The summed E-state index contributed by atoms with van der Waals surface area (Å²) in [6.07, 6.45) is 0. The van der Waals surface area contributed by atoms with E-state index in [9.17, 15) is 4.79 Å². The Bertz CT molecular complexity index is 1110. The summed E-state index contributed by atoms with van der Waals surface area (Å²) in [4.78, 5) is 18.0. The molecular formula is C25H26Cl2N2O2S. The van der Waals surface area contributed by atoms with Crippen LogP contribution < -0.4 is 4.74 Å². The summed E-state index contributed by atoms with van der Waals surface area (Å²) in [6, 6.07) is 13.9. The zero-order chi connectivity index (χ0) is 22.7. The lowest BCUT2D eigenvalue weighted by Gasteiger charge is -2.34. The van der Waals surface area contributed by atoms with Crippen LogP contribution in [0.25, 0.3) is 0 Å². The van der Waals surface area contributed by atoms with Crippen molar-refractivity contribution in [1.82, 2.24) is 9.80 Å². The van der Waals surface area contributed by atoms with Crippen molar-refractivity contribution in [2.24, 2.45) is 0 Å². The third-order valence-electron chi connectivity index (χ3n) is 5.65. The number of thiophene rings is 1. The highest BCUT2D eigenvalue weighted by atomic mass is 35.5. The fraction of sp³-hybridized carbons (Fsp3) is 0.320. The number of amides is 1. The highest BCUT2D eigenvalue weighted by molar-refractivity contribution is 7.12. The highest BCUT2D eigenvalue weighted by Crippen LogP contribution is 2.25. The van der Waals surface area contributed by atoms with Gasteiger partial charge < -0.3 is 9.64 Å². The molecule has 0 spiro atoms. The number of halogens is 2. The van der Waals surface area contributed by atoms with Gasteiger partial charge in [0, 0.05) is 38.3 Å². The van der Waals surface area contributed by atoms with E-state index in [0.29, 0.717) is 29.7 Å². The van der Waals surface area contributed by atoms with E-state index in [-0.39, 0.29) is 5.91 Å². The largest absolute Gasteiger partial charge is 0.489 e. The van der Waals surface area contributed by atoms with E-state index in [1.54, 1.807) is 0 Å². The van der Waals surface area contributed by atoms with Gasteiger partial charge in [0.15, 0.2) is 0 Å². The van der Waals surface area contributed by atoms with Gasteiger partial charge in [-0.1, -0.05) is 41.4 Å². The van der Waals surface area contributed by atoms with Crippen molar-refractivity contribution in [3.8, 4) is 5.75 Å². The Labute approximate surface area is 203 Å². The van der Waals surface area contributed by atoms with Gasteiger partial charge in [-0.25, -0.2) is 0 Å². The maximum absolute atomic E-state index is 13.0. The van der Waals surface area contributed by atoms with Crippen LogP contribution in [0.15, 0.2) is 47.8 Å². The van der Waals surface area contributed by atoms with E-state index in [4.69, 9.17) is 27.9 Å². The van der Waals surface area contributed by atoms with Gasteiger partial charge in [0.2, 0.25) is 0 Å². The molecule has 7 heteroatoms. The molecule has 1 aliphatic heterocycles. The number of carbonyl (C=O) groups excluding carboxylic acids is 1. The van der Waals surface area contributed by atoms with Crippen LogP contribution >= 0.6 is 34.5 Å². The molecular weight excluding hydrogens is 463 g/mol. The maximum Gasteiger partial charge on any atom is 0.264 e. The smallest absolute Gasteiger partial charge is 0.264 e. The molecule has 0 bridgehead atoms. The first kappa shape index (κ1) is 23.1. The quantitative estimate of drug-likeness (QED) is 0.413. The van der Waals surface area contributed by atoms with Crippen LogP contribution in [0.3, 0.4) is 0 Å². The molecule has 0 unspecified atom stereocenters. The van der Waals surface area contributed by atoms with Crippen molar-refractivity contribution in [3.05, 3.63) is 85.0 Å². The predicted octanol–water partition coefficient (Wildman–Crippen LogP) is 6.21. The number of benzene rings is 2. The van der Waals surface area contributed by atoms with Crippen LogP contribution in [-0.4, -0.2) is 41.9 Å². The summed E-state index contributed by atoms with van der Waals surface area (Å²) in [5.74, 6) is 0.990.